The Morgan fingerprint density at radius 2 is 1.88 bits per heavy atom. The second kappa shape index (κ2) is 9.58. The largest absolute Gasteiger partial charge is 0.335 e. The van der Waals surface area contributed by atoms with Crippen molar-refractivity contribution in [3.05, 3.63) is 0 Å². The molecule has 0 radical (unpaired) electrons. The van der Waals surface area contributed by atoms with Crippen LogP contribution in [0, 0.1) is 0 Å². The number of amides is 2. The number of piperidine rings is 1. The average molecular weight is 370 g/mol. The first-order valence-corrected chi connectivity index (χ1v) is 10.9. The quantitative estimate of drug-likeness (QED) is 0.592. The molecule has 1 aliphatic heterocycles. The number of urea groups is 1. The number of aromatic nitrogens is 2. The van der Waals surface area contributed by atoms with Gasteiger partial charge < -0.3 is 10.2 Å². The molecule has 0 bridgehead atoms. The summed E-state index contributed by atoms with van der Waals surface area (Å²) >= 11 is 3.19. The van der Waals surface area contributed by atoms with Crippen molar-refractivity contribution in [1.82, 2.24) is 20.4 Å². The first-order chi connectivity index (χ1) is 11.8. The molecule has 2 heterocycles. The number of likely N-dealkylation sites (tertiary alicyclic amines) is 1. The predicted octanol–water partition coefficient (Wildman–Crippen LogP) is 3.57. The van der Waals surface area contributed by atoms with E-state index in [1.54, 1.807) is 11.8 Å². The number of anilines is 1. The molecular formula is C16H27N5OS2. The number of nitrogens with one attached hydrogen (secondary N) is 2. The van der Waals surface area contributed by atoms with Crippen LogP contribution in [0.15, 0.2) is 4.34 Å². The molecule has 0 atom stereocenters. The Morgan fingerprint density at radius 3 is 2.67 bits per heavy atom. The summed E-state index contributed by atoms with van der Waals surface area (Å²) in [6.45, 7) is 3.56. The van der Waals surface area contributed by atoms with Crippen molar-refractivity contribution in [3.8, 4) is 0 Å². The lowest BCUT2D eigenvalue weighted by atomic mass is 9.96. The van der Waals surface area contributed by atoms with E-state index in [2.05, 4.69) is 25.7 Å². The number of carbonyl (C=O) groups is 1. The zero-order valence-corrected chi connectivity index (χ0v) is 15.8. The summed E-state index contributed by atoms with van der Waals surface area (Å²) in [5.74, 6) is 1.03. The zero-order chi connectivity index (χ0) is 16.6. The number of nitrogens with zero attached hydrogens (tertiary/aromatic N) is 3. The summed E-state index contributed by atoms with van der Waals surface area (Å²) in [5.41, 5.74) is 0. The van der Waals surface area contributed by atoms with Gasteiger partial charge in [0.2, 0.25) is 5.13 Å². The minimum absolute atomic E-state index is 0.150. The normalized spacial score (nSPS) is 20.0. The van der Waals surface area contributed by atoms with Crippen LogP contribution < -0.4 is 10.6 Å². The Bertz CT molecular complexity index is 512. The van der Waals surface area contributed by atoms with Crippen LogP contribution >= 0.6 is 23.1 Å². The molecule has 1 aromatic rings. The van der Waals surface area contributed by atoms with Crippen molar-refractivity contribution in [3.63, 3.8) is 0 Å². The fourth-order valence-electron chi connectivity index (χ4n) is 3.33. The Labute approximate surface area is 152 Å². The highest BCUT2D eigenvalue weighted by Crippen LogP contribution is 2.26. The second-order valence-corrected chi connectivity index (χ2v) is 8.88. The van der Waals surface area contributed by atoms with Crippen molar-refractivity contribution >= 4 is 34.3 Å². The third-order valence-corrected chi connectivity index (χ3v) is 6.60. The van der Waals surface area contributed by atoms with Gasteiger partial charge in [-0.05, 0) is 38.8 Å². The SMILES string of the molecule is O=C(Nc1nnc(SCCN2CCCCC2)s1)NC1CCCCC1. The predicted molar refractivity (Wildman–Crippen MR) is 100.0 cm³/mol. The Balaban J connectivity index is 1.35. The standard InChI is InChI=1S/C16H27N5OS2/c22-14(17-13-7-3-1-4-8-13)18-15-19-20-16(24-15)23-12-11-21-9-5-2-6-10-21/h13H,1-12H2,(H2,17,18,19,22). The Morgan fingerprint density at radius 1 is 1.12 bits per heavy atom. The van der Waals surface area contributed by atoms with Crippen LogP contribution in [0.5, 0.6) is 0 Å². The molecule has 134 valence electrons. The molecule has 0 spiro atoms. The molecule has 0 unspecified atom stereocenters. The minimum Gasteiger partial charge on any atom is -0.335 e. The Hall–Kier alpha value is -0.860. The molecule has 3 rings (SSSR count). The van der Waals surface area contributed by atoms with Gasteiger partial charge in [-0.2, -0.15) is 0 Å². The summed E-state index contributed by atoms with van der Waals surface area (Å²) in [4.78, 5) is 14.5. The van der Waals surface area contributed by atoms with Gasteiger partial charge in [-0.25, -0.2) is 4.79 Å². The maximum absolute atomic E-state index is 12.0. The third-order valence-electron chi connectivity index (χ3n) is 4.65. The van der Waals surface area contributed by atoms with Gasteiger partial charge in [0.25, 0.3) is 0 Å². The van der Waals surface area contributed by atoms with E-state index < -0.39 is 0 Å². The summed E-state index contributed by atoms with van der Waals surface area (Å²) in [6, 6.07) is 0.160. The lowest BCUT2D eigenvalue weighted by Gasteiger charge is -2.25. The van der Waals surface area contributed by atoms with E-state index in [1.807, 2.05) is 0 Å². The topological polar surface area (TPSA) is 70.2 Å². The van der Waals surface area contributed by atoms with Gasteiger partial charge in [0.1, 0.15) is 0 Å². The second-order valence-electron chi connectivity index (χ2n) is 6.56. The number of thioether (sulfide) groups is 1. The van der Waals surface area contributed by atoms with Crippen molar-refractivity contribution < 1.29 is 4.79 Å². The average Bonchev–Trinajstić information content (AvgIpc) is 3.04. The van der Waals surface area contributed by atoms with E-state index in [0.717, 1.165) is 29.5 Å². The van der Waals surface area contributed by atoms with E-state index >= 15 is 0 Å². The summed E-state index contributed by atoms with van der Waals surface area (Å²) in [7, 11) is 0. The van der Waals surface area contributed by atoms with Gasteiger partial charge in [-0.1, -0.05) is 48.8 Å². The molecule has 1 saturated heterocycles. The van der Waals surface area contributed by atoms with Gasteiger partial charge >= 0.3 is 6.03 Å². The van der Waals surface area contributed by atoms with Crippen LogP contribution in [0.25, 0.3) is 0 Å². The molecule has 2 amide bonds. The highest BCUT2D eigenvalue weighted by molar-refractivity contribution is 8.01. The third kappa shape index (κ3) is 5.89. The summed E-state index contributed by atoms with van der Waals surface area (Å²) < 4.78 is 0.931. The van der Waals surface area contributed by atoms with E-state index in [1.165, 1.54) is 63.0 Å². The van der Waals surface area contributed by atoms with E-state index in [4.69, 9.17) is 0 Å². The van der Waals surface area contributed by atoms with Gasteiger partial charge in [-0.15, -0.1) is 10.2 Å². The Kier molecular flexibility index (Phi) is 7.16. The smallest absolute Gasteiger partial charge is 0.321 e. The number of carbonyl (C=O) groups excluding carboxylic acids is 1. The monoisotopic (exact) mass is 369 g/mol. The highest BCUT2D eigenvalue weighted by Gasteiger charge is 2.17. The summed E-state index contributed by atoms with van der Waals surface area (Å²) in [5, 5.41) is 14.7. The number of hydrogen-bond acceptors (Lipinski definition) is 6. The minimum atomic E-state index is -0.150. The van der Waals surface area contributed by atoms with Crippen molar-refractivity contribution in [2.24, 2.45) is 0 Å². The number of hydrogen-bond donors (Lipinski definition) is 2. The molecule has 2 aliphatic rings. The van der Waals surface area contributed by atoms with Crippen LogP contribution in [0.3, 0.4) is 0 Å². The molecule has 2 N–H and O–H groups in total. The lowest BCUT2D eigenvalue weighted by molar-refractivity contribution is 0.242. The van der Waals surface area contributed by atoms with Crippen molar-refractivity contribution in [1.29, 1.82) is 0 Å². The van der Waals surface area contributed by atoms with Crippen molar-refractivity contribution in [2.75, 3.05) is 30.7 Å². The van der Waals surface area contributed by atoms with Crippen molar-refractivity contribution in [2.45, 2.75) is 61.7 Å². The fraction of sp³-hybridized carbons (Fsp3) is 0.812. The molecule has 1 aromatic heterocycles. The molecule has 8 heteroatoms. The highest BCUT2D eigenvalue weighted by atomic mass is 32.2. The van der Waals surface area contributed by atoms with Gasteiger partial charge in [-0.3, -0.25) is 5.32 Å². The number of rotatable bonds is 6. The van der Waals surface area contributed by atoms with Crippen LogP contribution in [-0.2, 0) is 0 Å². The first kappa shape index (κ1) is 17.9. The molecule has 2 fully saturated rings. The molecule has 6 nitrogen and oxygen atoms in total. The molecule has 24 heavy (non-hydrogen) atoms. The first-order valence-electron chi connectivity index (χ1n) is 9.06. The maximum atomic E-state index is 12.0. The molecule has 0 aromatic carbocycles. The summed E-state index contributed by atoms with van der Waals surface area (Å²) in [6.07, 6.45) is 9.90. The fourth-order valence-corrected chi connectivity index (χ4v) is 5.15. The van der Waals surface area contributed by atoms with E-state index in [-0.39, 0.29) is 6.03 Å². The van der Waals surface area contributed by atoms with Gasteiger partial charge in [0.15, 0.2) is 4.34 Å². The van der Waals surface area contributed by atoms with E-state index in [9.17, 15) is 4.79 Å². The molecular weight excluding hydrogens is 342 g/mol. The maximum Gasteiger partial charge on any atom is 0.321 e. The molecule has 1 saturated carbocycles. The van der Waals surface area contributed by atoms with Crippen LogP contribution in [0.2, 0.25) is 0 Å². The van der Waals surface area contributed by atoms with Crippen LogP contribution in [0.1, 0.15) is 51.4 Å². The van der Waals surface area contributed by atoms with Gasteiger partial charge in [0.05, 0.1) is 0 Å². The van der Waals surface area contributed by atoms with Gasteiger partial charge in [0, 0.05) is 18.3 Å². The molecule has 1 aliphatic carbocycles. The van der Waals surface area contributed by atoms with Crippen LogP contribution in [0.4, 0.5) is 9.93 Å². The van der Waals surface area contributed by atoms with Crippen LogP contribution in [-0.4, -0.2) is 52.6 Å². The zero-order valence-electron chi connectivity index (χ0n) is 14.1. The van der Waals surface area contributed by atoms with E-state index in [0.29, 0.717) is 11.2 Å². The lowest BCUT2D eigenvalue weighted by Crippen LogP contribution is -2.38.